The molecular weight excluding hydrogens is 338 g/mol. The normalized spacial score (nSPS) is 16.0. The first-order chi connectivity index (χ1) is 11.5. The molecular formula is C19H30ClN3O2. The molecule has 1 atom stereocenters. The number of nitrogens with one attached hydrogen (secondary N) is 2. The highest BCUT2D eigenvalue weighted by molar-refractivity contribution is 5.85. The third kappa shape index (κ3) is 6.33. The zero-order chi connectivity index (χ0) is 17.5. The lowest BCUT2D eigenvalue weighted by molar-refractivity contribution is -0.138. The number of nitrogens with zero attached hydrogens (tertiary/aromatic N) is 1. The molecule has 0 bridgehead atoms. The van der Waals surface area contributed by atoms with Crippen LogP contribution in [-0.4, -0.2) is 43.4 Å². The minimum atomic E-state index is -0.0121. The van der Waals surface area contributed by atoms with Crippen LogP contribution in [0.3, 0.4) is 0 Å². The summed E-state index contributed by atoms with van der Waals surface area (Å²) in [6, 6.07) is 8.19. The Morgan fingerprint density at radius 3 is 2.36 bits per heavy atom. The smallest absolute Gasteiger partial charge is 0.226 e. The predicted molar refractivity (Wildman–Crippen MR) is 103 cm³/mol. The second kappa shape index (κ2) is 10.4. The van der Waals surface area contributed by atoms with Gasteiger partial charge in [-0.05, 0) is 32.4 Å². The number of halogens is 1. The van der Waals surface area contributed by atoms with Crippen LogP contribution in [0.4, 0.5) is 0 Å². The maximum absolute atomic E-state index is 12.3. The van der Waals surface area contributed by atoms with Gasteiger partial charge in [0.15, 0.2) is 0 Å². The average molecular weight is 368 g/mol. The Hall–Kier alpha value is -1.59. The van der Waals surface area contributed by atoms with Crippen LogP contribution in [0, 0.1) is 18.8 Å². The number of aryl methyl sites for hydroxylation is 1. The summed E-state index contributed by atoms with van der Waals surface area (Å²) in [5, 5.41) is 6.06. The van der Waals surface area contributed by atoms with E-state index in [0.29, 0.717) is 26.2 Å². The molecule has 140 valence electrons. The van der Waals surface area contributed by atoms with Gasteiger partial charge < -0.3 is 15.5 Å². The Morgan fingerprint density at radius 1 is 1.20 bits per heavy atom. The van der Waals surface area contributed by atoms with Crippen molar-refractivity contribution in [3.63, 3.8) is 0 Å². The van der Waals surface area contributed by atoms with Crippen molar-refractivity contribution >= 4 is 24.2 Å². The van der Waals surface area contributed by atoms with E-state index in [1.165, 1.54) is 5.56 Å². The first kappa shape index (κ1) is 21.5. The topological polar surface area (TPSA) is 61.4 Å². The molecule has 0 radical (unpaired) electrons. The van der Waals surface area contributed by atoms with Gasteiger partial charge in [-0.3, -0.25) is 9.59 Å². The summed E-state index contributed by atoms with van der Waals surface area (Å²) in [4.78, 5) is 26.5. The zero-order valence-electron chi connectivity index (χ0n) is 15.4. The van der Waals surface area contributed by atoms with Crippen LogP contribution in [0.25, 0.3) is 0 Å². The molecule has 1 saturated heterocycles. The standard InChI is InChI=1S/C19H29N3O2.ClH/c1-14-4-6-16(7-5-14)13-21-18(23)17-8-10-22(11-9-17)19(24)15(2)12-20-3;/h4-7,15,17,20H,8-13H2,1-3H3,(H,21,23);1H. The number of carbonyl (C=O) groups is 2. The van der Waals surface area contributed by atoms with E-state index in [-0.39, 0.29) is 36.1 Å². The highest BCUT2D eigenvalue weighted by atomic mass is 35.5. The van der Waals surface area contributed by atoms with Gasteiger partial charge >= 0.3 is 0 Å². The summed E-state index contributed by atoms with van der Waals surface area (Å²) in [5.41, 5.74) is 2.33. The van der Waals surface area contributed by atoms with Gasteiger partial charge in [0.1, 0.15) is 0 Å². The number of likely N-dealkylation sites (tertiary alicyclic amines) is 1. The largest absolute Gasteiger partial charge is 0.352 e. The van der Waals surface area contributed by atoms with E-state index in [1.807, 2.05) is 31.0 Å². The fourth-order valence-electron chi connectivity index (χ4n) is 3.11. The monoisotopic (exact) mass is 367 g/mol. The molecule has 0 aliphatic carbocycles. The van der Waals surface area contributed by atoms with Crippen molar-refractivity contribution in [3.8, 4) is 0 Å². The molecule has 1 aliphatic heterocycles. The van der Waals surface area contributed by atoms with Gasteiger partial charge in [0.05, 0.1) is 0 Å². The molecule has 1 aromatic rings. The van der Waals surface area contributed by atoms with Gasteiger partial charge in [-0.15, -0.1) is 12.4 Å². The molecule has 0 spiro atoms. The van der Waals surface area contributed by atoms with Crippen molar-refractivity contribution in [2.75, 3.05) is 26.7 Å². The number of hydrogen-bond donors (Lipinski definition) is 2. The van der Waals surface area contributed by atoms with Crippen LogP contribution < -0.4 is 10.6 Å². The van der Waals surface area contributed by atoms with Crippen molar-refractivity contribution in [1.82, 2.24) is 15.5 Å². The molecule has 2 N–H and O–H groups in total. The highest BCUT2D eigenvalue weighted by Gasteiger charge is 2.28. The second-order valence-electron chi connectivity index (χ2n) is 6.76. The van der Waals surface area contributed by atoms with Gasteiger partial charge in [0.2, 0.25) is 11.8 Å². The van der Waals surface area contributed by atoms with Crippen LogP contribution in [-0.2, 0) is 16.1 Å². The van der Waals surface area contributed by atoms with Crippen molar-refractivity contribution in [3.05, 3.63) is 35.4 Å². The lowest BCUT2D eigenvalue weighted by Crippen LogP contribution is -2.45. The molecule has 25 heavy (non-hydrogen) atoms. The lowest BCUT2D eigenvalue weighted by atomic mass is 9.95. The van der Waals surface area contributed by atoms with E-state index < -0.39 is 0 Å². The molecule has 1 heterocycles. The summed E-state index contributed by atoms with van der Waals surface area (Å²) < 4.78 is 0. The summed E-state index contributed by atoms with van der Waals surface area (Å²) in [7, 11) is 1.86. The average Bonchev–Trinajstić information content (AvgIpc) is 2.60. The van der Waals surface area contributed by atoms with E-state index in [1.54, 1.807) is 0 Å². The summed E-state index contributed by atoms with van der Waals surface area (Å²) >= 11 is 0. The van der Waals surface area contributed by atoms with Crippen LogP contribution >= 0.6 is 12.4 Å². The quantitative estimate of drug-likeness (QED) is 0.809. The first-order valence-electron chi connectivity index (χ1n) is 8.78. The molecule has 5 nitrogen and oxygen atoms in total. The van der Waals surface area contributed by atoms with E-state index in [9.17, 15) is 9.59 Å². The molecule has 0 aromatic heterocycles. The Kier molecular flexibility index (Phi) is 8.93. The lowest BCUT2D eigenvalue weighted by Gasteiger charge is -2.33. The van der Waals surface area contributed by atoms with Crippen molar-refractivity contribution in [2.45, 2.75) is 33.2 Å². The third-order valence-corrected chi connectivity index (χ3v) is 4.70. The van der Waals surface area contributed by atoms with Crippen LogP contribution in [0.2, 0.25) is 0 Å². The Bertz CT molecular complexity index is 554. The minimum Gasteiger partial charge on any atom is -0.352 e. The number of carbonyl (C=O) groups excluding carboxylic acids is 2. The third-order valence-electron chi connectivity index (χ3n) is 4.70. The zero-order valence-corrected chi connectivity index (χ0v) is 16.2. The predicted octanol–water partition coefficient (Wildman–Crippen LogP) is 2.13. The Balaban J connectivity index is 0.00000312. The summed E-state index contributed by atoms with van der Waals surface area (Å²) in [5.74, 6) is 0.287. The Morgan fingerprint density at radius 2 is 1.80 bits per heavy atom. The number of rotatable bonds is 6. The number of benzene rings is 1. The summed E-state index contributed by atoms with van der Waals surface area (Å²) in [6.07, 6.45) is 1.50. The molecule has 1 unspecified atom stereocenters. The Labute approximate surface area is 157 Å². The number of amides is 2. The second-order valence-corrected chi connectivity index (χ2v) is 6.76. The minimum absolute atomic E-state index is 0. The van der Waals surface area contributed by atoms with E-state index in [2.05, 4.69) is 29.7 Å². The maximum Gasteiger partial charge on any atom is 0.226 e. The molecule has 2 amide bonds. The SMILES string of the molecule is CNCC(C)C(=O)N1CCC(C(=O)NCc2ccc(C)cc2)CC1.Cl. The molecule has 6 heteroatoms. The van der Waals surface area contributed by atoms with Gasteiger partial charge in [-0.2, -0.15) is 0 Å². The fraction of sp³-hybridized carbons (Fsp3) is 0.579. The molecule has 1 aliphatic rings. The van der Waals surface area contributed by atoms with Gasteiger partial charge in [-0.1, -0.05) is 36.8 Å². The highest BCUT2D eigenvalue weighted by Crippen LogP contribution is 2.19. The van der Waals surface area contributed by atoms with E-state index in [0.717, 1.165) is 18.4 Å². The van der Waals surface area contributed by atoms with E-state index in [4.69, 9.17) is 0 Å². The van der Waals surface area contributed by atoms with Gasteiger partial charge in [0.25, 0.3) is 0 Å². The summed E-state index contributed by atoms with van der Waals surface area (Å²) in [6.45, 7) is 6.60. The fourth-order valence-corrected chi connectivity index (χ4v) is 3.11. The van der Waals surface area contributed by atoms with Gasteiger partial charge in [0, 0.05) is 38.0 Å². The van der Waals surface area contributed by atoms with Crippen LogP contribution in [0.5, 0.6) is 0 Å². The molecule has 2 rings (SSSR count). The molecule has 1 fully saturated rings. The molecule has 1 aromatic carbocycles. The molecule has 0 saturated carbocycles. The van der Waals surface area contributed by atoms with Gasteiger partial charge in [-0.25, -0.2) is 0 Å². The van der Waals surface area contributed by atoms with Crippen molar-refractivity contribution < 1.29 is 9.59 Å². The van der Waals surface area contributed by atoms with Crippen LogP contribution in [0.15, 0.2) is 24.3 Å². The van der Waals surface area contributed by atoms with Crippen molar-refractivity contribution in [2.24, 2.45) is 11.8 Å². The maximum atomic E-state index is 12.3. The number of hydrogen-bond acceptors (Lipinski definition) is 3. The van der Waals surface area contributed by atoms with E-state index >= 15 is 0 Å². The van der Waals surface area contributed by atoms with Crippen LogP contribution in [0.1, 0.15) is 30.9 Å². The van der Waals surface area contributed by atoms with Crippen molar-refractivity contribution in [1.29, 1.82) is 0 Å². The first-order valence-corrected chi connectivity index (χ1v) is 8.78. The number of piperidine rings is 1.